The van der Waals surface area contributed by atoms with Gasteiger partial charge in [0.25, 0.3) is 0 Å². The molecule has 1 heterocycles. The lowest BCUT2D eigenvalue weighted by Gasteiger charge is -2.25. The van der Waals surface area contributed by atoms with Crippen LogP contribution >= 0.6 is 11.6 Å². The maximum Gasteiger partial charge on any atom is 0.200 e. The Balaban J connectivity index is 2.31. The summed E-state index contributed by atoms with van der Waals surface area (Å²) in [6.45, 7) is 1.10. The second kappa shape index (κ2) is 4.72. The highest BCUT2D eigenvalue weighted by molar-refractivity contribution is 6.30. The molecule has 0 N–H and O–H groups in total. The van der Waals surface area contributed by atoms with Crippen molar-refractivity contribution in [1.82, 2.24) is 0 Å². The third kappa shape index (κ3) is 2.13. The molecule has 2 rings (SSSR count). The Kier molecular flexibility index (Phi) is 3.31. The van der Waals surface area contributed by atoms with Crippen LogP contribution in [0.5, 0.6) is 0 Å². The van der Waals surface area contributed by atoms with Crippen molar-refractivity contribution in [2.45, 2.75) is 5.79 Å². The first-order valence-electron chi connectivity index (χ1n) is 4.82. The highest BCUT2D eigenvalue weighted by atomic mass is 35.5. The fraction of sp³-hybridized carbons (Fsp3) is 0.400. The fourth-order valence-corrected chi connectivity index (χ4v) is 1.76. The lowest BCUT2D eigenvalue weighted by Crippen LogP contribution is -2.30. The summed E-state index contributed by atoms with van der Waals surface area (Å²) in [5.41, 5.74) is 9.17. The second-order valence-electron chi connectivity index (χ2n) is 3.35. The minimum atomic E-state index is -0.948. The Morgan fingerprint density at radius 1 is 1.31 bits per heavy atom. The minimum Gasteiger partial charge on any atom is -0.343 e. The number of hydrogen-bond donors (Lipinski definition) is 0. The van der Waals surface area contributed by atoms with Gasteiger partial charge in [0.05, 0.1) is 19.8 Å². The van der Waals surface area contributed by atoms with E-state index in [0.29, 0.717) is 18.2 Å². The first-order valence-corrected chi connectivity index (χ1v) is 5.19. The molecule has 1 aromatic carbocycles. The monoisotopic (exact) mass is 239 g/mol. The zero-order valence-electron chi connectivity index (χ0n) is 8.47. The average Bonchev–Trinajstić information content (AvgIpc) is 2.77. The molecule has 1 fully saturated rings. The Labute approximate surface area is 97.5 Å². The van der Waals surface area contributed by atoms with Crippen LogP contribution in [0.15, 0.2) is 29.4 Å². The van der Waals surface area contributed by atoms with Gasteiger partial charge in [0.1, 0.15) is 0 Å². The van der Waals surface area contributed by atoms with Crippen molar-refractivity contribution in [1.29, 1.82) is 0 Å². The summed E-state index contributed by atoms with van der Waals surface area (Å²) in [7, 11) is 0. The van der Waals surface area contributed by atoms with Gasteiger partial charge in [0, 0.05) is 15.5 Å². The van der Waals surface area contributed by atoms with Gasteiger partial charge in [-0.05, 0) is 17.7 Å². The first-order chi connectivity index (χ1) is 7.77. The van der Waals surface area contributed by atoms with Gasteiger partial charge in [-0.25, -0.2) is 0 Å². The van der Waals surface area contributed by atoms with Crippen LogP contribution in [0.2, 0.25) is 5.02 Å². The van der Waals surface area contributed by atoms with Gasteiger partial charge in [-0.3, -0.25) is 0 Å². The molecule has 0 amide bonds. The van der Waals surface area contributed by atoms with Crippen molar-refractivity contribution in [3.8, 4) is 0 Å². The van der Waals surface area contributed by atoms with Crippen LogP contribution in [0.3, 0.4) is 0 Å². The van der Waals surface area contributed by atoms with Crippen LogP contribution in [0, 0.1) is 0 Å². The van der Waals surface area contributed by atoms with Crippen LogP contribution in [-0.4, -0.2) is 19.8 Å². The molecular formula is C10H10ClN3O2. The molecule has 0 saturated carbocycles. The smallest absolute Gasteiger partial charge is 0.200 e. The molecule has 0 unspecified atom stereocenters. The Bertz CT molecular complexity index is 409. The van der Waals surface area contributed by atoms with E-state index in [9.17, 15) is 0 Å². The van der Waals surface area contributed by atoms with Crippen molar-refractivity contribution in [3.05, 3.63) is 45.3 Å². The van der Waals surface area contributed by atoms with Crippen LogP contribution < -0.4 is 0 Å². The quantitative estimate of drug-likeness (QED) is 0.462. The summed E-state index contributed by atoms with van der Waals surface area (Å²) >= 11 is 5.80. The van der Waals surface area contributed by atoms with Gasteiger partial charge >= 0.3 is 0 Å². The van der Waals surface area contributed by atoms with E-state index in [1.807, 2.05) is 0 Å². The fourth-order valence-electron chi connectivity index (χ4n) is 1.63. The maximum atomic E-state index is 8.36. The second-order valence-corrected chi connectivity index (χ2v) is 3.78. The Morgan fingerprint density at radius 3 is 2.50 bits per heavy atom. The summed E-state index contributed by atoms with van der Waals surface area (Å²) < 4.78 is 11.1. The summed E-state index contributed by atoms with van der Waals surface area (Å²) in [6.07, 6.45) is 0. The van der Waals surface area contributed by atoms with E-state index in [4.69, 9.17) is 26.6 Å². The zero-order chi connectivity index (χ0) is 11.4. The molecule has 5 nitrogen and oxygen atoms in total. The van der Waals surface area contributed by atoms with E-state index < -0.39 is 5.79 Å². The molecule has 0 aromatic heterocycles. The third-order valence-electron chi connectivity index (χ3n) is 2.38. The standard InChI is InChI=1S/C10H10ClN3O2/c11-9-3-1-8(2-4-9)10(7-13-14-12)15-5-6-16-10/h1-4H,5-7H2. The molecule has 0 aliphatic carbocycles. The van der Waals surface area contributed by atoms with Gasteiger partial charge in [0.2, 0.25) is 5.79 Å². The summed E-state index contributed by atoms with van der Waals surface area (Å²) in [5, 5.41) is 4.16. The molecule has 0 spiro atoms. The van der Waals surface area contributed by atoms with Crippen LogP contribution in [0.1, 0.15) is 5.56 Å². The van der Waals surface area contributed by atoms with Crippen molar-refractivity contribution in [2.75, 3.05) is 19.8 Å². The van der Waals surface area contributed by atoms with Gasteiger partial charge in [0.15, 0.2) is 0 Å². The molecule has 84 valence electrons. The van der Waals surface area contributed by atoms with E-state index in [1.165, 1.54) is 0 Å². The number of hydrogen-bond acceptors (Lipinski definition) is 3. The molecule has 1 saturated heterocycles. The first kappa shape index (κ1) is 11.2. The van der Waals surface area contributed by atoms with Crippen LogP contribution in [0.25, 0.3) is 10.4 Å². The third-order valence-corrected chi connectivity index (χ3v) is 2.63. The number of rotatable bonds is 3. The average molecular weight is 240 g/mol. The predicted molar refractivity (Wildman–Crippen MR) is 59.0 cm³/mol. The van der Waals surface area contributed by atoms with E-state index in [-0.39, 0.29) is 6.54 Å². The molecule has 0 bridgehead atoms. The summed E-state index contributed by atoms with van der Waals surface area (Å²) in [6, 6.07) is 7.11. The minimum absolute atomic E-state index is 0.116. The van der Waals surface area contributed by atoms with Crippen LogP contribution in [0.4, 0.5) is 0 Å². The Morgan fingerprint density at radius 2 is 1.94 bits per heavy atom. The number of ether oxygens (including phenoxy) is 2. The van der Waals surface area contributed by atoms with Crippen LogP contribution in [-0.2, 0) is 15.3 Å². The predicted octanol–water partition coefficient (Wildman–Crippen LogP) is 2.85. The van der Waals surface area contributed by atoms with E-state index in [2.05, 4.69) is 10.0 Å². The number of benzene rings is 1. The Hall–Kier alpha value is -1.26. The van der Waals surface area contributed by atoms with E-state index in [1.54, 1.807) is 24.3 Å². The van der Waals surface area contributed by atoms with Crippen molar-refractivity contribution < 1.29 is 9.47 Å². The largest absolute Gasteiger partial charge is 0.343 e. The lowest BCUT2D eigenvalue weighted by molar-refractivity contribution is -0.156. The van der Waals surface area contributed by atoms with Crippen molar-refractivity contribution in [2.24, 2.45) is 5.11 Å². The molecule has 6 heteroatoms. The SMILES string of the molecule is [N-]=[N+]=NCC1(c2ccc(Cl)cc2)OCCO1. The van der Waals surface area contributed by atoms with Crippen molar-refractivity contribution in [3.63, 3.8) is 0 Å². The summed E-state index contributed by atoms with van der Waals surface area (Å²) in [5.74, 6) is -0.948. The van der Waals surface area contributed by atoms with Crippen molar-refractivity contribution >= 4 is 11.6 Å². The number of azide groups is 1. The highest BCUT2D eigenvalue weighted by Gasteiger charge is 2.37. The van der Waals surface area contributed by atoms with Gasteiger partial charge in [-0.1, -0.05) is 28.8 Å². The highest BCUT2D eigenvalue weighted by Crippen LogP contribution is 2.32. The molecule has 0 radical (unpaired) electrons. The number of nitrogens with zero attached hydrogens (tertiary/aromatic N) is 3. The lowest BCUT2D eigenvalue weighted by atomic mass is 10.1. The normalized spacial score (nSPS) is 18.1. The zero-order valence-corrected chi connectivity index (χ0v) is 9.22. The molecular weight excluding hydrogens is 230 g/mol. The van der Waals surface area contributed by atoms with E-state index in [0.717, 1.165) is 5.56 Å². The molecule has 1 aliphatic rings. The molecule has 0 atom stereocenters. The number of halogens is 1. The molecule has 16 heavy (non-hydrogen) atoms. The maximum absolute atomic E-state index is 8.36. The van der Waals surface area contributed by atoms with Gasteiger partial charge in [-0.2, -0.15) is 0 Å². The summed E-state index contributed by atoms with van der Waals surface area (Å²) in [4.78, 5) is 2.73. The van der Waals surface area contributed by atoms with Gasteiger partial charge in [-0.15, -0.1) is 0 Å². The van der Waals surface area contributed by atoms with Gasteiger partial charge < -0.3 is 9.47 Å². The molecule has 1 aromatic rings. The van der Waals surface area contributed by atoms with E-state index >= 15 is 0 Å². The molecule has 1 aliphatic heterocycles. The topological polar surface area (TPSA) is 67.2 Å².